The zero-order chi connectivity index (χ0) is 47.8. The first kappa shape index (κ1) is 64.7. The van der Waals surface area contributed by atoms with Crippen molar-refractivity contribution in [2.45, 2.75) is 14.9 Å². The van der Waals surface area contributed by atoms with Crippen LogP contribution in [-0.2, 0) is 4.92 Å². The number of H-pyrrole nitrogens is 1. The maximum Gasteiger partial charge on any atom is 0.0487 e. The van der Waals surface area contributed by atoms with Gasteiger partial charge in [0, 0.05) is 52.7 Å². The van der Waals surface area contributed by atoms with Crippen molar-refractivity contribution >= 4 is 131 Å². The van der Waals surface area contributed by atoms with Gasteiger partial charge in [-0.05, 0) is 158 Å². The van der Waals surface area contributed by atoms with Gasteiger partial charge < -0.3 is 22.9 Å². The van der Waals surface area contributed by atoms with Gasteiger partial charge in [0.2, 0.25) is 5.96 Å². The molecule has 0 unspecified atom stereocenters. The second-order valence-corrected chi connectivity index (χ2v) is 48.3. The van der Waals surface area contributed by atoms with Gasteiger partial charge in [-0.3, -0.25) is 10.5 Å². The number of aromatic amines is 1. The summed E-state index contributed by atoms with van der Waals surface area (Å²) in [5.41, 5.74) is 28.2. The second kappa shape index (κ2) is 34.9. The third-order valence-corrected chi connectivity index (χ3v) is 8.11. The van der Waals surface area contributed by atoms with Crippen molar-refractivity contribution in [3.63, 3.8) is 0 Å². The van der Waals surface area contributed by atoms with E-state index in [-0.39, 0.29) is 79.8 Å². The Bertz CT molecular complexity index is 2640. The van der Waals surface area contributed by atoms with Crippen LogP contribution in [0.25, 0.3) is 0 Å². The molecule has 70 heavy (non-hydrogen) atoms. The molecule has 0 saturated heterocycles. The molecule has 8 aromatic rings. The predicted octanol–water partition coefficient (Wildman–Crippen LogP) is 13.6. The minimum Gasteiger partial charge on any atom is -0.286 e. The van der Waals surface area contributed by atoms with E-state index >= 15 is 0 Å². The number of hydrogen-bond acceptors (Lipinski definition) is 7. The standard InChI is InChI=1S/C20H16F2N4.C19H14F2N2.C4H6N4.C3H4N2.2CH4.2ClH.3HI.V/c21-15-5-1-13(2-6-15)19(14-3-7-16(22)8-4-14)25-17-9-11-18(12-10-17)26-20(23)24;20-15-5-1-13(2-6-15)19(14-3-7-16(21)8-4-14)23-18-11-9-17(22)10-12-18;5-4(6)8-3-1-2-7-8;1-2-4-5-3-1;;;;;;;;/h1-12H,(H4,23,24,26);1-12H,22H2;1-3H,(H3,5,6);1-3H,(H,4,5);2*1H4;5*1H;/q;;;;;;;;;;;+3/p-3. The van der Waals surface area contributed by atoms with E-state index in [0.717, 1.165) is 11.1 Å². The summed E-state index contributed by atoms with van der Waals surface area (Å²) in [6.45, 7) is 0. The molecule has 0 amide bonds. The van der Waals surface area contributed by atoms with E-state index < -0.39 is 0 Å². The summed E-state index contributed by atoms with van der Waals surface area (Å²) in [6.07, 6.45) is 6.64. The molecular weight excluding hydrogens is 1320 g/mol. The molecule has 22 heteroatoms. The molecule has 0 bridgehead atoms. The van der Waals surface area contributed by atoms with Gasteiger partial charge in [-0.15, -0.1) is 24.8 Å². The third-order valence-electron chi connectivity index (χ3n) is 8.11. The summed E-state index contributed by atoms with van der Waals surface area (Å²) in [5, 5.41) is 16.7. The first-order valence-corrected chi connectivity index (χ1v) is 32.5. The van der Waals surface area contributed by atoms with Crippen molar-refractivity contribution in [2.75, 3.05) is 5.73 Å². The molecule has 0 atom stereocenters. The van der Waals surface area contributed by atoms with Crippen LogP contribution in [0, 0.1) is 28.7 Å². The number of nitrogens with zero attached hydrogens (tertiary/aromatic N) is 6. The number of guanidine groups is 1. The Morgan fingerprint density at radius 3 is 1.09 bits per heavy atom. The fourth-order valence-electron chi connectivity index (χ4n) is 5.21. The Morgan fingerprint density at radius 1 is 0.529 bits per heavy atom. The average molecular weight is 1370 g/mol. The molecular formula is C48H50Cl2F4I3N12V. The smallest absolute Gasteiger partial charge is 0.0487 e. The Kier molecular flexibility index (Phi) is 32.3. The molecule has 0 aliphatic rings. The molecule has 8 rings (SSSR count). The summed E-state index contributed by atoms with van der Waals surface area (Å²) in [4.78, 5) is 12.9. The Balaban J connectivity index is 0.000000980. The second-order valence-electron chi connectivity index (χ2n) is 12.9. The zero-order valence-corrected chi connectivity index (χ0v) is 44.7. The normalized spacial score (nSPS) is 9.31. The van der Waals surface area contributed by atoms with E-state index in [4.69, 9.17) is 28.3 Å². The van der Waals surface area contributed by atoms with E-state index in [1.54, 1.807) is 128 Å². The molecule has 370 valence electrons. The van der Waals surface area contributed by atoms with Crippen LogP contribution in [0.2, 0.25) is 0 Å². The molecule has 12 nitrogen and oxygen atoms in total. The van der Waals surface area contributed by atoms with Crippen LogP contribution in [0.1, 0.15) is 37.1 Å². The Hall–Kier alpha value is -5.31. The van der Waals surface area contributed by atoms with Gasteiger partial charge in [-0.2, -0.15) is 10.2 Å². The van der Waals surface area contributed by atoms with Crippen LogP contribution in [0.15, 0.2) is 197 Å². The fourth-order valence-corrected chi connectivity index (χ4v) is 5.21. The number of halogens is 9. The van der Waals surface area contributed by atoms with Crippen molar-refractivity contribution in [1.29, 1.82) is 5.41 Å². The van der Waals surface area contributed by atoms with Gasteiger partial charge in [0.15, 0.2) is 5.96 Å². The van der Waals surface area contributed by atoms with Gasteiger partial charge in [0.1, 0.15) is 23.3 Å². The van der Waals surface area contributed by atoms with Crippen molar-refractivity contribution in [3.8, 4) is 0 Å². The number of aliphatic imine (C=N–C) groups is 3. The Morgan fingerprint density at radius 2 is 0.857 bits per heavy atom. The molecule has 0 fully saturated rings. The molecule has 0 radical (unpaired) electrons. The summed E-state index contributed by atoms with van der Waals surface area (Å²) < 4.78 is 54.1. The molecule has 0 saturated carbocycles. The van der Waals surface area contributed by atoms with Crippen LogP contribution in [0.3, 0.4) is 0 Å². The number of nitrogens with two attached hydrogens (primary N) is 4. The third kappa shape index (κ3) is 24.5. The average Bonchev–Trinajstić information content (AvgIpc) is 4.07. The van der Waals surface area contributed by atoms with Crippen molar-refractivity contribution in [3.05, 3.63) is 228 Å². The first-order valence-electron chi connectivity index (χ1n) is 19.0. The van der Waals surface area contributed by atoms with Crippen LogP contribution < -0.4 is 22.9 Å². The van der Waals surface area contributed by atoms with Gasteiger partial charge in [-0.1, -0.05) is 14.9 Å². The van der Waals surface area contributed by atoms with E-state index in [2.05, 4.69) is 90.2 Å². The Labute approximate surface area is 455 Å². The fraction of sp³-hybridized carbons (Fsp3) is 0.0417. The van der Waals surface area contributed by atoms with Crippen LogP contribution in [0.4, 0.5) is 40.3 Å². The first-order chi connectivity index (χ1) is 31.7. The maximum absolute atomic E-state index is 13.3. The maximum atomic E-state index is 13.3. The molecule has 10 N–H and O–H groups in total. The number of anilines is 1. The van der Waals surface area contributed by atoms with Crippen molar-refractivity contribution < 1.29 is 22.5 Å². The molecule has 0 aliphatic heterocycles. The zero-order valence-electron chi connectivity index (χ0n) is 35.2. The number of nitrogens with one attached hydrogen (secondary N) is 2. The van der Waals surface area contributed by atoms with Gasteiger partial charge in [0.25, 0.3) is 0 Å². The quantitative estimate of drug-likeness (QED) is 0.0300. The topological polar surface area (TPSA) is 212 Å². The van der Waals surface area contributed by atoms with Gasteiger partial charge >= 0.3 is 64.9 Å². The molecule has 2 aromatic heterocycles. The number of nitrogen functional groups attached to an aromatic ring is 2. The van der Waals surface area contributed by atoms with Gasteiger partial charge in [0.05, 0.1) is 28.5 Å². The minimum atomic E-state index is -0.339. The molecule has 0 spiro atoms. The van der Waals surface area contributed by atoms with Gasteiger partial charge in [-0.25, -0.2) is 37.2 Å². The van der Waals surface area contributed by atoms with E-state index in [1.165, 1.54) is 53.2 Å². The van der Waals surface area contributed by atoms with E-state index in [9.17, 15) is 17.6 Å². The predicted molar refractivity (Wildman–Crippen MR) is 307 cm³/mol. The number of rotatable bonds is 7. The van der Waals surface area contributed by atoms with Crippen molar-refractivity contribution in [2.24, 2.45) is 32.2 Å². The van der Waals surface area contributed by atoms with Crippen LogP contribution in [-0.4, -0.2) is 43.3 Å². The molecule has 6 aromatic carbocycles. The van der Waals surface area contributed by atoms with E-state index in [1.807, 2.05) is 6.07 Å². The largest absolute Gasteiger partial charge is 0.286 e. The summed E-state index contributed by atoms with van der Waals surface area (Å²) in [5.74, 6) is -1.41. The summed E-state index contributed by atoms with van der Waals surface area (Å²) in [7, 11) is 0. The summed E-state index contributed by atoms with van der Waals surface area (Å²) in [6, 6.07) is 41.6. The SMILES string of the molecule is C.C.Cl.Cl.N=C(N)n1cccn1.NC(N)=Nc1ccc(N=C(c2ccc(F)cc2)c2ccc(F)cc2)cc1.Nc1ccc(N=C(c2ccc(F)cc2)c2ccc(F)cc2)cc1.[I][V]([I])[I].c1cn[nH]c1. The monoisotopic (exact) mass is 1370 g/mol. The minimum absolute atomic E-state index is 0. The number of aromatic nitrogens is 4. The van der Waals surface area contributed by atoms with Crippen LogP contribution in [0.5, 0.6) is 0 Å². The van der Waals surface area contributed by atoms with Crippen molar-refractivity contribution in [1.82, 2.24) is 20.0 Å². The summed E-state index contributed by atoms with van der Waals surface area (Å²) >= 11 is 7.39. The van der Waals surface area contributed by atoms with Crippen LogP contribution >= 0.6 is 84.8 Å². The molecule has 0 aliphatic carbocycles. The van der Waals surface area contributed by atoms with E-state index in [0.29, 0.717) is 45.3 Å². The molecule has 2 heterocycles. The number of hydrogen-bond donors (Lipinski definition) is 6. The number of benzene rings is 6.